The Balaban J connectivity index is 2.29. The monoisotopic (exact) mass is 439 g/mol. The Bertz CT molecular complexity index is 908. The normalized spacial score (nSPS) is 12.9. The maximum atomic E-state index is 12.9. The summed E-state index contributed by atoms with van der Waals surface area (Å²) < 4.78 is 32.3. The second-order valence-electron chi connectivity index (χ2n) is 6.70. The van der Waals surface area contributed by atoms with E-state index in [1.54, 1.807) is 25.2 Å². The molecule has 0 aliphatic heterocycles. The van der Waals surface area contributed by atoms with E-state index >= 15 is 0 Å². The number of sulfonamides is 1. The van der Waals surface area contributed by atoms with Gasteiger partial charge in [0.2, 0.25) is 10.0 Å². The number of carbonyl (C=O) groups excluding carboxylic acids is 1. The molecule has 160 valence electrons. The predicted octanol–water partition coefficient (Wildman–Crippen LogP) is 2.82. The number of benzene rings is 1. The average molecular weight is 440 g/mol. The molecule has 0 spiro atoms. The molecule has 1 amide bonds. The topological polar surface area (TPSA) is 78.9 Å². The van der Waals surface area contributed by atoms with Crippen LogP contribution >= 0.6 is 11.3 Å². The Labute approximate surface area is 177 Å². The van der Waals surface area contributed by atoms with Crippen molar-refractivity contribution in [1.82, 2.24) is 14.5 Å². The van der Waals surface area contributed by atoms with Crippen LogP contribution in [0.25, 0.3) is 0 Å². The lowest BCUT2D eigenvalue weighted by molar-refractivity contribution is 0.0938. The number of hydrogen-bond acceptors (Lipinski definition) is 6. The van der Waals surface area contributed by atoms with Crippen molar-refractivity contribution in [3.05, 3.63) is 46.2 Å². The number of methoxy groups -OCH3 is 1. The minimum Gasteiger partial charge on any atom is -0.496 e. The van der Waals surface area contributed by atoms with Crippen LogP contribution < -0.4 is 10.1 Å². The average Bonchev–Trinajstić information content (AvgIpc) is 3.22. The maximum Gasteiger partial charge on any atom is 0.255 e. The molecule has 0 radical (unpaired) electrons. The SMILES string of the molecule is CCN(CC)S(=O)(=O)c1ccc(OC)c(C(=O)NCC(c2ccsc2)N(C)C)c1. The summed E-state index contributed by atoms with van der Waals surface area (Å²) in [6.07, 6.45) is 0. The van der Waals surface area contributed by atoms with Crippen LogP contribution in [0.3, 0.4) is 0 Å². The van der Waals surface area contributed by atoms with Gasteiger partial charge >= 0.3 is 0 Å². The van der Waals surface area contributed by atoms with E-state index in [1.165, 1.54) is 29.6 Å². The largest absolute Gasteiger partial charge is 0.496 e. The Morgan fingerprint density at radius 3 is 2.41 bits per heavy atom. The Morgan fingerprint density at radius 1 is 1.21 bits per heavy atom. The Hall–Kier alpha value is -1.94. The van der Waals surface area contributed by atoms with Crippen LogP contribution in [0.2, 0.25) is 0 Å². The molecular weight excluding hydrogens is 410 g/mol. The van der Waals surface area contributed by atoms with Crippen LogP contribution in [-0.2, 0) is 10.0 Å². The minimum atomic E-state index is -3.67. The third kappa shape index (κ3) is 5.36. The fourth-order valence-electron chi connectivity index (χ4n) is 3.09. The van der Waals surface area contributed by atoms with Gasteiger partial charge in [-0.1, -0.05) is 13.8 Å². The van der Waals surface area contributed by atoms with Crippen LogP contribution in [0, 0.1) is 0 Å². The highest BCUT2D eigenvalue weighted by atomic mass is 32.2. The van der Waals surface area contributed by atoms with Gasteiger partial charge in [0.15, 0.2) is 0 Å². The van der Waals surface area contributed by atoms with E-state index in [4.69, 9.17) is 4.74 Å². The number of rotatable bonds is 10. The molecule has 1 unspecified atom stereocenters. The summed E-state index contributed by atoms with van der Waals surface area (Å²) in [6.45, 7) is 4.67. The number of likely N-dealkylation sites (N-methyl/N-ethyl adjacent to an activating group) is 1. The van der Waals surface area contributed by atoms with Crippen molar-refractivity contribution in [2.24, 2.45) is 0 Å². The van der Waals surface area contributed by atoms with Crippen molar-refractivity contribution in [2.75, 3.05) is 40.8 Å². The number of amides is 1. The zero-order valence-corrected chi connectivity index (χ0v) is 19.1. The number of ether oxygens (including phenoxy) is 1. The van der Waals surface area contributed by atoms with E-state index in [2.05, 4.69) is 10.7 Å². The standard InChI is InChI=1S/C20H29N3O4S2/c1-6-23(7-2)29(25,26)16-8-9-19(27-5)17(12-16)20(24)21-13-18(22(3)4)15-10-11-28-14-15/h8-12,14,18H,6-7,13H2,1-5H3,(H,21,24). The van der Waals surface area contributed by atoms with Crippen LogP contribution in [0.15, 0.2) is 39.9 Å². The molecule has 0 aliphatic carbocycles. The van der Waals surface area contributed by atoms with E-state index in [0.29, 0.717) is 25.4 Å². The molecule has 2 rings (SSSR count). The fraction of sp³-hybridized carbons (Fsp3) is 0.450. The first-order chi connectivity index (χ1) is 13.8. The number of thiophene rings is 1. The van der Waals surface area contributed by atoms with Crippen LogP contribution in [0.1, 0.15) is 35.8 Å². The molecule has 0 saturated carbocycles. The van der Waals surface area contributed by atoms with Crippen LogP contribution in [-0.4, -0.2) is 64.4 Å². The third-order valence-corrected chi connectivity index (χ3v) is 7.51. The van der Waals surface area contributed by atoms with E-state index in [9.17, 15) is 13.2 Å². The molecule has 1 heterocycles. The quantitative estimate of drug-likeness (QED) is 0.616. The van der Waals surface area contributed by atoms with Crippen molar-refractivity contribution in [3.63, 3.8) is 0 Å². The summed E-state index contributed by atoms with van der Waals surface area (Å²) in [4.78, 5) is 15.0. The number of nitrogens with one attached hydrogen (secondary N) is 1. The first-order valence-electron chi connectivity index (χ1n) is 9.41. The fourth-order valence-corrected chi connectivity index (χ4v) is 5.28. The smallest absolute Gasteiger partial charge is 0.255 e. The zero-order valence-electron chi connectivity index (χ0n) is 17.5. The van der Waals surface area contributed by atoms with Gasteiger partial charge in [0.05, 0.1) is 23.6 Å². The lowest BCUT2D eigenvalue weighted by Gasteiger charge is -2.24. The number of hydrogen-bond donors (Lipinski definition) is 1. The van der Waals surface area contributed by atoms with Crippen LogP contribution in [0.4, 0.5) is 0 Å². The molecule has 29 heavy (non-hydrogen) atoms. The summed E-state index contributed by atoms with van der Waals surface area (Å²) in [5, 5.41) is 6.96. The van der Waals surface area contributed by atoms with Gasteiger partial charge in [-0.2, -0.15) is 15.6 Å². The molecule has 1 atom stereocenters. The van der Waals surface area contributed by atoms with Gasteiger partial charge in [-0.05, 0) is 54.7 Å². The van der Waals surface area contributed by atoms with Gasteiger partial charge in [0.1, 0.15) is 5.75 Å². The van der Waals surface area contributed by atoms with E-state index in [0.717, 1.165) is 5.56 Å². The predicted molar refractivity (Wildman–Crippen MR) is 116 cm³/mol. The summed E-state index contributed by atoms with van der Waals surface area (Å²) in [7, 11) is 1.69. The van der Waals surface area contributed by atoms with Crippen molar-refractivity contribution < 1.29 is 17.9 Å². The first-order valence-corrected chi connectivity index (χ1v) is 11.8. The van der Waals surface area contributed by atoms with Gasteiger partial charge < -0.3 is 15.0 Å². The number of carbonyl (C=O) groups is 1. The van der Waals surface area contributed by atoms with Crippen molar-refractivity contribution >= 4 is 27.3 Å². The van der Waals surface area contributed by atoms with Gasteiger partial charge in [0, 0.05) is 19.6 Å². The second kappa shape index (κ2) is 10.2. The summed E-state index contributed by atoms with van der Waals surface area (Å²) in [5.74, 6) is -0.0431. The Morgan fingerprint density at radius 2 is 1.90 bits per heavy atom. The highest BCUT2D eigenvalue weighted by molar-refractivity contribution is 7.89. The number of nitrogens with zero attached hydrogens (tertiary/aromatic N) is 2. The summed E-state index contributed by atoms with van der Waals surface area (Å²) in [5.41, 5.74) is 1.31. The van der Waals surface area contributed by atoms with Crippen molar-refractivity contribution in [1.29, 1.82) is 0 Å². The molecule has 1 N–H and O–H groups in total. The van der Waals surface area contributed by atoms with Gasteiger partial charge in [-0.25, -0.2) is 8.42 Å². The summed E-state index contributed by atoms with van der Waals surface area (Å²) in [6, 6.07) is 6.42. The lowest BCUT2D eigenvalue weighted by Crippen LogP contribution is -2.35. The van der Waals surface area contributed by atoms with E-state index in [-0.39, 0.29) is 22.4 Å². The molecule has 0 aliphatic rings. The summed E-state index contributed by atoms with van der Waals surface area (Å²) >= 11 is 1.60. The first kappa shape index (κ1) is 23.3. The molecule has 0 saturated heterocycles. The highest BCUT2D eigenvalue weighted by Crippen LogP contribution is 2.25. The van der Waals surface area contributed by atoms with Crippen LogP contribution in [0.5, 0.6) is 5.75 Å². The molecule has 7 nitrogen and oxygen atoms in total. The molecule has 2 aromatic rings. The zero-order chi connectivity index (χ0) is 21.6. The third-order valence-electron chi connectivity index (χ3n) is 4.77. The lowest BCUT2D eigenvalue weighted by atomic mass is 10.1. The molecule has 1 aromatic carbocycles. The highest BCUT2D eigenvalue weighted by Gasteiger charge is 2.25. The van der Waals surface area contributed by atoms with Gasteiger partial charge in [0.25, 0.3) is 5.91 Å². The van der Waals surface area contributed by atoms with E-state index in [1.807, 2.05) is 30.4 Å². The Kier molecular flexibility index (Phi) is 8.21. The maximum absolute atomic E-state index is 12.9. The van der Waals surface area contributed by atoms with Crippen molar-refractivity contribution in [3.8, 4) is 5.75 Å². The molecule has 0 fully saturated rings. The van der Waals surface area contributed by atoms with E-state index < -0.39 is 10.0 Å². The van der Waals surface area contributed by atoms with Crippen molar-refractivity contribution in [2.45, 2.75) is 24.8 Å². The minimum absolute atomic E-state index is 0.0128. The molecule has 9 heteroatoms. The second-order valence-corrected chi connectivity index (χ2v) is 9.42. The molecule has 1 aromatic heterocycles. The van der Waals surface area contributed by atoms with Gasteiger partial charge in [-0.15, -0.1) is 0 Å². The van der Waals surface area contributed by atoms with Gasteiger partial charge in [-0.3, -0.25) is 4.79 Å². The molecule has 0 bridgehead atoms. The molecular formula is C20H29N3O4S2.